The van der Waals surface area contributed by atoms with Crippen molar-refractivity contribution in [1.82, 2.24) is 14.0 Å². The number of unbranched alkanes of at least 4 members (excludes halogenated alkanes) is 1. The molecule has 112 valence electrons. The molecule has 1 saturated heterocycles. The van der Waals surface area contributed by atoms with Crippen LogP contribution in [0, 0.1) is 6.92 Å². The van der Waals surface area contributed by atoms with Crippen LogP contribution in [0.5, 0.6) is 0 Å². The molecular weight excluding hydrogens is 258 g/mol. The third-order valence-corrected chi connectivity index (χ3v) is 3.82. The molecule has 0 amide bonds. The van der Waals surface area contributed by atoms with Gasteiger partial charge < -0.3 is 4.74 Å². The van der Waals surface area contributed by atoms with Crippen LogP contribution < -0.4 is 11.2 Å². The third kappa shape index (κ3) is 3.58. The smallest absolute Gasteiger partial charge is 0.330 e. The first kappa shape index (κ1) is 15.0. The van der Waals surface area contributed by atoms with E-state index in [0.29, 0.717) is 6.54 Å². The maximum absolute atomic E-state index is 12.0. The molecule has 1 aliphatic rings. The number of aryl methyl sites for hydroxylation is 1. The fourth-order valence-electron chi connectivity index (χ4n) is 2.48. The van der Waals surface area contributed by atoms with Gasteiger partial charge >= 0.3 is 5.69 Å². The molecule has 1 aliphatic heterocycles. The average Bonchev–Trinajstić information content (AvgIpc) is 2.45. The van der Waals surface area contributed by atoms with Crippen LogP contribution in [0.2, 0.25) is 0 Å². The summed E-state index contributed by atoms with van der Waals surface area (Å²) < 4.78 is 8.15. The molecule has 1 aromatic rings. The van der Waals surface area contributed by atoms with Gasteiger partial charge in [-0.15, -0.1) is 0 Å². The molecule has 6 heteroatoms. The van der Waals surface area contributed by atoms with Crippen LogP contribution in [0.25, 0.3) is 0 Å². The molecule has 0 aromatic carbocycles. The molecule has 0 saturated carbocycles. The van der Waals surface area contributed by atoms with Crippen LogP contribution >= 0.6 is 0 Å². The quantitative estimate of drug-likeness (QED) is 0.711. The molecule has 0 N–H and O–H groups in total. The lowest BCUT2D eigenvalue weighted by Gasteiger charge is -2.26. The summed E-state index contributed by atoms with van der Waals surface area (Å²) in [6.07, 6.45) is 1.99. The fraction of sp³-hybridized carbons (Fsp3) is 0.714. The summed E-state index contributed by atoms with van der Waals surface area (Å²) in [4.78, 5) is 25.9. The highest BCUT2D eigenvalue weighted by molar-refractivity contribution is 4.99. The highest BCUT2D eigenvalue weighted by Gasteiger charge is 2.10. The first-order chi connectivity index (χ1) is 9.59. The number of hydrogen-bond acceptors (Lipinski definition) is 4. The molecule has 0 bridgehead atoms. The number of rotatable bonds is 5. The van der Waals surface area contributed by atoms with Crippen molar-refractivity contribution in [1.29, 1.82) is 0 Å². The van der Waals surface area contributed by atoms with Crippen LogP contribution in [0.3, 0.4) is 0 Å². The Morgan fingerprint density at radius 3 is 2.50 bits per heavy atom. The summed E-state index contributed by atoms with van der Waals surface area (Å²) in [5, 5.41) is 0. The number of nitrogens with zero attached hydrogens (tertiary/aromatic N) is 3. The topological polar surface area (TPSA) is 56.5 Å². The minimum absolute atomic E-state index is 0.221. The van der Waals surface area contributed by atoms with Crippen LogP contribution in [-0.4, -0.2) is 46.9 Å². The van der Waals surface area contributed by atoms with Gasteiger partial charge in [-0.05, 0) is 26.3 Å². The van der Waals surface area contributed by atoms with Gasteiger partial charge in [0.25, 0.3) is 5.56 Å². The van der Waals surface area contributed by atoms with E-state index in [1.54, 1.807) is 4.57 Å². The Kier molecular flexibility index (Phi) is 5.14. The van der Waals surface area contributed by atoms with E-state index in [9.17, 15) is 9.59 Å². The van der Waals surface area contributed by atoms with E-state index in [-0.39, 0.29) is 11.2 Å². The largest absolute Gasteiger partial charge is 0.379 e. The highest BCUT2D eigenvalue weighted by Crippen LogP contribution is 2.02. The molecule has 1 aromatic heterocycles. The molecule has 2 heterocycles. The van der Waals surface area contributed by atoms with Gasteiger partial charge in [0, 0.05) is 38.4 Å². The van der Waals surface area contributed by atoms with Crippen LogP contribution in [0.15, 0.2) is 15.7 Å². The second-order valence-corrected chi connectivity index (χ2v) is 5.28. The monoisotopic (exact) mass is 281 g/mol. The van der Waals surface area contributed by atoms with Crippen molar-refractivity contribution in [2.45, 2.75) is 26.3 Å². The summed E-state index contributed by atoms with van der Waals surface area (Å²) in [5.41, 5.74) is 0.280. The van der Waals surface area contributed by atoms with Gasteiger partial charge in [-0.25, -0.2) is 4.79 Å². The predicted molar refractivity (Wildman–Crippen MR) is 77.2 cm³/mol. The van der Waals surface area contributed by atoms with Gasteiger partial charge in [0.1, 0.15) is 0 Å². The third-order valence-electron chi connectivity index (χ3n) is 3.82. The van der Waals surface area contributed by atoms with Gasteiger partial charge in [0.05, 0.1) is 13.2 Å². The van der Waals surface area contributed by atoms with E-state index in [2.05, 4.69) is 4.90 Å². The predicted octanol–water partition coefficient (Wildman–Crippen LogP) is -0.0322. The molecule has 1 fully saturated rings. The molecule has 0 aliphatic carbocycles. The molecule has 0 unspecified atom stereocenters. The maximum atomic E-state index is 12.0. The van der Waals surface area contributed by atoms with E-state index in [0.717, 1.165) is 56.0 Å². The zero-order valence-electron chi connectivity index (χ0n) is 12.3. The van der Waals surface area contributed by atoms with E-state index < -0.39 is 0 Å². The Hall–Kier alpha value is -1.40. The fourth-order valence-corrected chi connectivity index (χ4v) is 2.48. The van der Waals surface area contributed by atoms with Crippen LogP contribution in [0.1, 0.15) is 18.5 Å². The lowest BCUT2D eigenvalue weighted by atomic mass is 10.2. The standard InChI is InChI=1S/C14H23N3O3/c1-12-11-13(18)15(2)14(19)17(12)6-4-3-5-16-7-9-20-10-8-16/h11H,3-10H2,1-2H3. The zero-order valence-corrected chi connectivity index (χ0v) is 12.3. The number of aromatic nitrogens is 2. The SMILES string of the molecule is Cc1cc(=O)n(C)c(=O)n1CCCCN1CCOCC1. The second-order valence-electron chi connectivity index (χ2n) is 5.28. The molecule has 20 heavy (non-hydrogen) atoms. The summed E-state index contributed by atoms with van der Waals surface area (Å²) in [6.45, 7) is 7.16. The summed E-state index contributed by atoms with van der Waals surface area (Å²) in [7, 11) is 1.52. The van der Waals surface area contributed by atoms with Gasteiger partial charge in [-0.1, -0.05) is 0 Å². The normalized spacial score (nSPS) is 16.5. The van der Waals surface area contributed by atoms with E-state index in [4.69, 9.17) is 4.74 Å². The van der Waals surface area contributed by atoms with Crippen LogP contribution in [-0.2, 0) is 18.3 Å². The molecule has 6 nitrogen and oxygen atoms in total. The van der Waals surface area contributed by atoms with Crippen molar-refractivity contribution < 1.29 is 4.74 Å². The van der Waals surface area contributed by atoms with E-state index >= 15 is 0 Å². The second kappa shape index (κ2) is 6.85. The first-order valence-corrected chi connectivity index (χ1v) is 7.17. The Balaban J connectivity index is 1.86. The van der Waals surface area contributed by atoms with Crippen LogP contribution in [0.4, 0.5) is 0 Å². The molecule has 0 atom stereocenters. The highest BCUT2D eigenvalue weighted by atomic mass is 16.5. The maximum Gasteiger partial charge on any atom is 0.330 e. The van der Waals surface area contributed by atoms with Gasteiger partial charge in [0.15, 0.2) is 0 Å². The minimum atomic E-state index is -0.239. The summed E-state index contributed by atoms with van der Waals surface area (Å²) >= 11 is 0. The van der Waals surface area contributed by atoms with Crippen molar-refractivity contribution in [2.24, 2.45) is 7.05 Å². The van der Waals surface area contributed by atoms with E-state index in [1.807, 2.05) is 6.92 Å². The Labute approximate surface area is 118 Å². The molecule has 0 spiro atoms. The summed E-state index contributed by atoms with van der Waals surface area (Å²) in [5.74, 6) is 0. The minimum Gasteiger partial charge on any atom is -0.379 e. The zero-order chi connectivity index (χ0) is 14.5. The lowest BCUT2D eigenvalue weighted by Crippen LogP contribution is -2.39. The number of hydrogen-bond donors (Lipinski definition) is 0. The Morgan fingerprint density at radius 2 is 1.80 bits per heavy atom. The van der Waals surface area contributed by atoms with Gasteiger partial charge in [0.2, 0.25) is 0 Å². The van der Waals surface area contributed by atoms with Crippen molar-refractivity contribution in [3.8, 4) is 0 Å². The van der Waals surface area contributed by atoms with Gasteiger partial charge in [-0.3, -0.25) is 18.8 Å². The number of morpholine rings is 1. The average molecular weight is 281 g/mol. The van der Waals surface area contributed by atoms with Crippen molar-refractivity contribution in [3.63, 3.8) is 0 Å². The Morgan fingerprint density at radius 1 is 1.15 bits per heavy atom. The van der Waals surface area contributed by atoms with Gasteiger partial charge in [-0.2, -0.15) is 0 Å². The van der Waals surface area contributed by atoms with Crippen molar-refractivity contribution in [2.75, 3.05) is 32.8 Å². The summed E-state index contributed by atoms with van der Waals surface area (Å²) in [6, 6.07) is 1.52. The van der Waals surface area contributed by atoms with Crippen molar-refractivity contribution >= 4 is 0 Å². The lowest BCUT2D eigenvalue weighted by molar-refractivity contribution is 0.0370. The van der Waals surface area contributed by atoms with E-state index in [1.165, 1.54) is 13.1 Å². The Bertz CT molecular complexity index is 556. The molecule has 2 rings (SSSR count). The molecular formula is C14H23N3O3. The first-order valence-electron chi connectivity index (χ1n) is 7.17. The number of ether oxygens (including phenoxy) is 1. The van der Waals surface area contributed by atoms with Crippen molar-refractivity contribution in [3.05, 3.63) is 32.6 Å². The molecule has 0 radical (unpaired) electrons.